The van der Waals surface area contributed by atoms with Crippen molar-refractivity contribution in [3.8, 4) is 0 Å². The van der Waals surface area contributed by atoms with E-state index >= 15 is 0 Å². The summed E-state index contributed by atoms with van der Waals surface area (Å²) in [6, 6.07) is 0. The minimum atomic E-state index is -0.577. The van der Waals surface area contributed by atoms with Crippen LogP contribution in [0.15, 0.2) is 0 Å². The highest BCUT2D eigenvalue weighted by atomic mass is 79.9. The zero-order valence-corrected chi connectivity index (χ0v) is 9.16. The second-order valence-electron chi connectivity index (χ2n) is 3.15. The molecule has 4 nitrogen and oxygen atoms in total. The number of aliphatic hydroxyl groups excluding tert-OH is 1. The first-order valence-corrected chi connectivity index (χ1v) is 5.16. The third-order valence-electron chi connectivity index (χ3n) is 2.02. The first-order chi connectivity index (χ1) is 6.15. The van der Waals surface area contributed by atoms with Gasteiger partial charge in [0.15, 0.2) is 0 Å². The van der Waals surface area contributed by atoms with E-state index in [-0.39, 0.29) is 17.3 Å². The van der Waals surface area contributed by atoms with Gasteiger partial charge in [-0.3, -0.25) is 4.79 Å². The lowest BCUT2D eigenvalue weighted by Gasteiger charge is -2.19. The molecule has 0 aromatic carbocycles. The van der Waals surface area contributed by atoms with Crippen LogP contribution in [-0.4, -0.2) is 53.7 Å². The van der Waals surface area contributed by atoms with Crippen molar-refractivity contribution in [1.82, 2.24) is 4.90 Å². The number of β-amino-alcohol motifs (C(OH)–C–C–N with tert-alkyl or cyclic N) is 1. The molecule has 0 aromatic rings. The van der Waals surface area contributed by atoms with Gasteiger partial charge in [0.05, 0.1) is 17.5 Å². The Labute approximate surface area is 86.0 Å². The number of nitrogens with zero attached hydrogens (tertiary/aromatic N) is 1. The van der Waals surface area contributed by atoms with E-state index in [4.69, 9.17) is 4.74 Å². The molecule has 0 saturated carbocycles. The molecular weight excluding hydrogens is 238 g/mol. The maximum absolute atomic E-state index is 11.4. The summed E-state index contributed by atoms with van der Waals surface area (Å²) in [4.78, 5) is 13.0. The fourth-order valence-corrected chi connectivity index (χ4v) is 1.88. The molecule has 1 rings (SSSR count). The third kappa shape index (κ3) is 2.93. The van der Waals surface area contributed by atoms with Crippen molar-refractivity contribution in [3.63, 3.8) is 0 Å². The lowest BCUT2D eigenvalue weighted by molar-refractivity contribution is -0.128. The Morgan fingerprint density at radius 2 is 2.54 bits per heavy atom. The fourth-order valence-electron chi connectivity index (χ4n) is 1.38. The minimum absolute atomic E-state index is 0.0650. The number of methoxy groups -OCH3 is 1. The van der Waals surface area contributed by atoms with Crippen molar-refractivity contribution in [2.45, 2.75) is 17.4 Å². The molecule has 5 heteroatoms. The molecule has 1 aliphatic heterocycles. The van der Waals surface area contributed by atoms with Gasteiger partial charge in [0, 0.05) is 20.2 Å². The largest absolute Gasteiger partial charge is 0.389 e. The molecule has 1 saturated heterocycles. The van der Waals surface area contributed by atoms with Crippen molar-refractivity contribution in [3.05, 3.63) is 0 Å². The van der Waals surface area contributed by atoms with Crippen molar-refractivity contribution in [1.29, 1.82) is 0 Å². The Kier molecular flexibility index (Phi) is 4.15. The number of halogens is 1. The maximum atomic E-state index is 11.4. The van der Waals surface area contributed by atoms with E-state index in [2.05, 4.69) is 15.9 Å². The van der Waals surface area contributed by atoms with Gasteiger partial charge in [-0.1, -0.05) is 15.9 Å². The van der Waals surface area contributed by atoms with Gasteiger partial charge in [-0.2, -0.15) is 0 Å². The summed E-state index contributed by atoms with van der Waals surface area (Å²) < 4.78 is 4.78. The minimum Gasteiger partial charge on any atom is -0.389 e. The fraction of sp³-hybridized carbons (Fsp3) is 0.875. The zero-order valence-electron chi connectivity index (χ0n) is 7.57. The Morgan fingerprint density at radius 1 is 1.85 bits per heavy atom. The number of amides is 1. The van der Waals surface area contributed by atoms with Crippen LogP contribution in [0.1, 0.15) is 6.42 Å². The van der Waals surface area contributed by atoms with Crippen molar-refractivity contribution in [2.75, 3.05) is 26.8 Å². The van der Waals surface area contributed by atoms with E-state index in [1.165, 1.54) is 7.11 Å². The lowest BCUT2D eigenvalue weighted by Crippen LogP contribution is -2.36. The molecule has 2 unspecified atom stereocenters. The van der Waals surface area contributed by atoms with Crippen LogP contribution in [-0.2, 0) is 9.53 Å². The molecule has 2 atom stereocenters. The number of hydrogen-bond donors (Lipinski definition) is 1. The zero-order chi connectivity index (χ0) is 9.84. The summed E-state index contributed by atoms with van der Waals surface area (Å²) in [7, 11) is 1.53. The van der Waals surface area contributed by atoms with Crippen LogP contribution in [0.25, 0.3) is 0 Å². The third-order valence-corrected chi connectivity index (χ3v) is 2.87. The van der Waals surface area contributed by atoms with Gasteiger partial charge in [0.2, 0.25) is 5.91 Å². The SMILES string of the molecule is COCC(O)CN1CCC(Br)C1=O. The second-order valence-corrected chi connectivity index (χ2v) is 4.25. The molecule has 1 fully saturated rings. The summed E-state index contributed by atoms with van der Waals surface area (Å²) >= 11 is 3.27. The van der Waals surface area contributed by atoms with Gasteiger partial charge in [0.1, 0.15) is 0 Å². The summed E-state index contributed by atoms with van der Waals surface area (Å²) in [6.07, 6.45) is 0.241. The predicted molar refractivity (Wildman–Crippen MR) is 51.8 cm³/mol. The number of alkyl halides is 1. The Bertz CT molecular complexity index is 188. The molecular formula is C8H14BrNO3. The molecule has 0 aliphatic carbocycles. The van der Waals surface area contributed by atoms with Gasteiger partial charge in [-0.05, 0) is 6.42 Å². The predicted octanol–water partition coefficient (Wildman–Crippen LogP) is -0.0105. The van der Waals surface area contributed by atoms with Crippen molar-refractivity contribution < 1.29 is 14.6 Å². The maximum Gasteiger partial charge on any atom is 0.236 e. The number of likely N-dealkylation sites (tertiary alicyclic amines) is 1. The van der Waals surface area contributed by atoms with Crippen LogP contribution in [0.3, 0.4) is 0 Å². The Morgan fingerprint density at radius 3 is 3.00 bits per heavy atom. The molecule has 1 heterocycles. The lowest BCUT2D eigenvalue weighted by atomic mass is 10.3. The van der Waals surface area contributed by atoms with Gasteiger partial charge >= 0.3 is 0 Å². The molecule has 13 heavy (non-hydrogen) atoms. The van der Waals surface area contributed by atoms with E-state index in [1.807, 2.05) is 0 Å². The number of carbonyl (C=O) groups is 1. The number of carbonyl (C=O) groups excluding carboxylic acids is 1. The number of ether oxygens (including phenoxy) is 1. The van der Waals surface area contributed by atoms with Crippen LogP contribution in [0.2, 0.25) is 0 Å². The highest BCUT2D eigenvalue weighted by Crippen LogP contribution is 2.18. The topological polar surface area (TPSA) is 49.8 Å². The summed E-state index contributed by atoms with van der Waals surface area (Å²) in [5.74, 6) is 0.0650. The number of hydrogen-bond acceptors (Lipinski definition) is 3. The summed E-state index contributed by atoms with van der Waals surface area (Å²) in [6.45, 7) is 1.36. The van der Waals surface area contributed by atoms with E-state index in [1.54, 1.807) is 4.90 Å². The van der Waals surface area contributed by atoms with Gasteiger partial charge in [-0.25, -0.2) is 0 Å². The molecule has 0 radical (unpaired) electrons. The smallest absolute Gasteiger partial charge is 0.236 e. The normalized spacial score (nSPS) is 25.3. The van der Waals surface area contributed by atoms with Crippen LogP contribution < -0.4 is 0 Å². The molecule has 0 aromatic heterocycles. The van der Waals surface area contributed by atoms with Gasteiger partial charge in [0.25, 0.3) is 0 Å². The quantitative estimate of drug-likeness (QED) is 0.716. The monoisotopic (exact) mass is 251 g/mol. The van der Waals surface area contributed by atoms with Crippen LogP contribution in [0.4, 0.5) is 0 Å². The van der Waals surface area contributed by atoms with Gasteiger partial charge < -0.3 is 14.7 Å². The van der Waals surface area contributed by atoms with E-state index in [0.29, 0.717) is 6.54 Å². The average molecular weight is 252 g/mol. The molecule has 76 valence electrons. The summed E-state index contributed by atoms with van der Waals surface area (Å²) in [5.41, 5.74) is 0. The average Bonchev–Trinajstić information content (AvgIpc) is 2.37. The van der Waals surface area contributed by atoms with E-state index in [9.17, 15) is 9.90 Å². The second kappa shape index (κ2) is 4.93. The highest BCUT2D eigenvalue weighted by Gasteiger charge is 2.30. The number of aliphatic hydroxyl groups is 1. The molecule has 0 spiro atoms. The van der Waals surface area contributed by atoms with Crippen molar-refractivity contribution >= 4 is 21.8 Å². The van der Waals surface area contributed by atoms with Gasteiger partial charge in [-0.15, -0.1) is 0 Å². The summed E-state index contributed by atoms with van der Waals surface area (Å²) in [5, 5.41) is 9.38. The molecule has 1 aliphatic rings. The Hall–Kier alpha value is -0.130. The first kappa shape index (κ1) is 10.9. The Balaban J connectivity index is 2.33. The van der Waals surface area contributed by atoms with Crippen molar-refractivity contribution in [2.24, 2.45) is 0 Å². The molecule has 0 bridgehead atoms. The van der Waals surface area contributed by atoms with E-state index in [0.717, 1.165) is 13.0 Å². The van der Waals surface area contributed by atoms with Crippen LogP contribution in [0, 0.1) is 0 Å². The van der Waals surface area contributed by atoms with Crippen LogP contribution in [0.5, 0.6) is 0 Å². The van der Waals surface area contributed by atoms with E-state index < -0.39 is 6.10 Å². The number of rotatable bonds is 4. The highest BCUT2D eigenvalue weighted by molar-refractivity contribution is 9.10. The first-order valence-electron chi connectivity index (χ1n) is 4.25. The molecule has 1 amide bonds. The standard InChI is InChI=1S/C8H14BrNO3/c1-13-5-6(11)4-10-3-2-7(9)8(10)12/h6-7,11H,2-5H2,1H3. The molecule has 1 N–H and O–H groups in total. The van der Waals surface area contributed by atoms with Crippen LogP contribution >= 0.6 is 15.9 Å².